The summed E-state index contributed by atoms with van der Waals surface area (Å²) in [5, 5.41) is 5.38. The number of nitrogens with two attached hydrogens (primary N) is 1. The molecule has 2 heterocycles. The molecule has 5 heteroatoms. The zero-order chi connectivity index (χ0) is 13.8. The van der Waals surface area contributed by atoms with E-state index in [1.54, 1.807) is 6.20 Å². The lowest BCUT2D eigenvalue weighted by atomic mass is 10.1. The van der Waals surface area contributed by atoms with E-state index in [2.05, 4.69) is 10.3 Å². The Bertz CT molecular complexity index is 640. The Hall–Kier alpha value is -2.27. The van der Waals surface area contributed by atoms with E-state index in [0.29, 0.717) is 26.3 Å². The van der Waals surface area contributed by atoms with Gasteiger partial charge >= 0.3 is 0 Å². The molecule has 1 aliphatic rings. The number of aromatic nitrogens is 1. The molecule has 0 amide bonds. The molecule has 5 nitrogen and oxygen atoms in total. The summed E-state index contributed by atoms with van der Waals surface area (Å²) in [4.78, 5) is 4.38. The predicted molar refractivity (Wildman–Crippen MR) is 79.4 cm³/mol. The van der Waals surface area contributed by atoms with Crippen molar-refractivity contribution in [3.05, 3.63) is 36.5 Å². The number of hydrogen-bond donors (Lipinski definition) is 2. The minimum absolute atomic E-state index is 0.545. The second-order valence-corrected chi connectivity index (χ2v) is 4.46. The van der Waals surface area contributed by atoms with Gasteiger partial charge in [0.05, 0.1) is 0 Å². The third kappa shape index (κ3) is 2.53. The molecule has 0 radical (unpaired) electrons. The first kappa shape index (κ1) is 12.7. The molecule has 3 rings (SSSR count). The highest BCUT2D eigenvalue weighted by Gasteiger charge is 2.14. The average molecular weight is 271 g/mol. The summed E-state index contributed by atoms with van der Waals surface area (Å²) in [6.07, 6.45) is 5.68. The Kier molecular flexibility index (Phi) is 3.69. The number of hydrogen-bond acceptors (Lipinski definition) is 5. The van der Waals surface area contributed by atoms with Crippen LogP contribution in [0.5, 0.6) is 11.5 Å². The van der Waals surface area contributed by atoms with Crippen molar-refractivity contribution >= 4 is 16.6 Å². The summed E-state index contributed by atoms with van der Waals surface area (Å²) < 4.78 is 11.2. The van der Waals surface area contributed by atoms with Gasteiger partial charge in [0.15, 0.2) is 11.5 Å². The molecule has 0 unspecified atom stereocenters. The highest BCUT2D eigenvalue weighted by molar-refractivity contribution is 5.94. The molecule has 0 spiro atoms. The predicted octanol–water partition coefficient (Wildman–Crippen LogP) is 1.93. The van der Waals surface area contributed by atoms with Crippen LogP contribution >= 0.6 is 0 Å². The standard InChI is InChI=1S/C15H17N3O2/c16-4-1-2-5-17-15-12-10-14-13(19-7-8-20-14)9-11(12)3-6-18-15/h1-3,6,9-10H,4-5,7-8,16H2,(H,17,18)/b2-1+. The summed E-state index contributed by atoms with van der Waals surface area (Å²) >= 11 is 0. The number of anilines is 1. The van der Waals surface area contributed by atoms with E-state index in [9.17, 15) is 0 Å². The number of nitrogens with one attached hydrogen (secondary N) is 1. The quantitative estimate of drug-likeness (QED) is 0.832. The summed E-state index contributed by atoms with van der Waals surface area (Å²) in [5.41, 5.74) is 5.41. The van der Waals surface area contributed by atoms with Gasteiger partial charge < -0.3 is 20.5 Å². The van der Waals surface area contributed by atoms with Crippen LogP contribution in [0.15, 0.2) is 36.5 Å². The zero-order valence-electron chi connectivity index (χ0n) is 11.1. The maximum absolute atomic E-state index is 5.62. The summed E-state index contributed by atoms with van der Waals surface area (Å²) in [6, 6.07) is 5.94. The maximum atomic E-state index is 5.62. The molecule has 20 heavy (non-hydrogen) atoms. The van der Waals surface area contributed by atoms with Crippen molar-refractivity contribution in [1.82, 2.24) is 4.98 Å². The normalized spacial score (nSPS) is 13.8. The lowest BCUT2D eigenvalue weighted by molar-refractivity contribution is 0.172. The minimum Gasteiger partial charge on any atom is -0.486 e. The molecular formula is C15H17N3O2. The van der Waals surface area contributed by atoms with Crippen LogP contribution in [0.2, 0.25) is 0 Å². The fourth-order valence-corrected chi connectivity index (χ4v) is 2.19. The number of ether oxygens (including phenoxy) is 2. The molecule has 1 aliphatic heterocycles. The van der Waals surface area contributed by atoms with Crippen LogP contribution in [0.3, 0.4) is 0 Å². The maximum Gasteiger partial charge on any atom is 0.162 e. The highest BCUT2D eigenvalue weighted by Crippen LogP contribution is 2.36. The first-order chi connectivity index (χ1) is 9.88. The van der Waals surface area contributed by atoms with Crippen molar-refractivity contribution in [3.63, 3.8) is 0 Å². The van der Waals surface area contributed by atoms with Crippen LogP contribution in [0, 0.1) is 0 Å². The lowest BCUT2D eigenvalue weighted by Gasteiger charge is -2.19. The van der Waals surface area contributed by atoms with E-state index in [4.69, 9.17) is 15.2 Å². The lowest BCUT2D eigenvalue weighted by Crippen LogP contribution is -2.15. The van der Waals surface area contributed by atoms with Crippen molar-refractivity contribution in [2.75, 3.05) is 31.6 Å². The van der Waals surface area contributed by atoms with Crippen molar-refractivity contribution in [1.29, 1.82) is 0 Å². The van der Waals surface area contributed by atoms with Gasteiger partial charge in [-0.2, -0.15) is 0 Å². The van der Waals surface area contributed by atoms with Gasteiger partial charge in [0.2, 0.25) is 0 Å². The molecule has 3 N–H and O–H groups in total. The molecule has 0 bridgehead atoms. The Morgan fingerprint density at radius 1 is 1.20 bits per heavy atom. The van der Waals surface area contributed by atoms with Crippen LogP contribution in [0.1, 0.15) is 0 Å². The summed E-state index contributed by atoms with van der Waals surface area (Å²) in [7, 11) is 0. The van der Waals surface area contributed by atoms with Gasteiger partial charge in [-0.1, -0.05) is 12.2 Å². The van der Waals surface area contributed by atoms with Crippen molar-refractivity contribution in [3.8, 4) is 11.5 Å². The first-order valence-corrected chi connectivity index (χ1v) is 6.66. The SMILES string of the molecule is NC/C=C/CNc1nccc2cc3c(cc12)OCCO3. The molecule has 0 saturated carbocycles. The van der Waals surface area contributed by atoms with Crippen molar-refractivity contribution in [2.24, 2.45) is 5.73 Å². The Morgan fingerprint density at radius 2 is 2.00 bits per heavy atom. The number of fused-ring (bicyclic) bond motifs is 2. The van der Waals surface area contributed by atoms with E-state index >= 15 is 0 Å². The molecule has 2 aromatic rings. The van der Waals surface area contributed by atoms with Crippen LogP contribution in [0.25, 0.3) is 10.8 Å². The summed E-state index contributed by atoms with van der Waals surface area (Å²) in [5.74, 6) is 2.40. The average Bonchev–Trinajstić information content (AvgIpc) is 2.50. The molecule has 0 saturated heterocycles. The molecule has 0 aliphatic carbocycles. The van der Waals surface area contributed by atoms with Gasteiger partial charge in [-0.15, -0.1) is 0 Å². The monoisotopic (exact) mass is 271 g/mol. The zero-order valence-corrected chi connectivity index (χ0v) is 11.1. The van der Waals surface area contributed by atoms with Crippen molar-refractivity contribution in [2.45, 2.75) is 0 Å². The van der Waals surface area contributed by atoms with E-state index in [1.807, 2.05) is 30.4 Å². The van der Waals surface area contributed by atoms with Gasteiger partial charge in [-0.05, 0) is 23.6 Å². The van der Waals surface area contributed by atoms with E-state index in [-0.39, 0.29) is 0 Å². The molecule has 1 aromatic carbocycles. The van der Waals surface area contributed by atoms with Crippen LogP contribution in [-0.2, 0) is 0 Å². The van der Waals surface area contributed by atoms with Crippen LogP contribution < -0.4 is 20.5 Å². The van der Waals surface area contributed by atoms with E-state index in [1.165, 1.54) is 0 Å². The Morgan fingerprint density at radius 3 is 2.80 bits per heavy atom. The largest absolute Gasteiger partial charge is 0.486 e. The number of nitrogens with zero attached hydrogens (tertiary/aromatic N) is 1. The highest BCUT2D eigenvalue weighted by atomic mass is 16.6. The Balaban J connectivity index is 1.94. The van der Waals surface area contributed by atoms with Gasteiger partial charge in [-0.3, -0.25) is 0 Å². The molecule has 0 fully saturated rings. The van der Waals surface area contributed by atoms with E-state index < -0.39 is 0 Å². The Labute approximate surface area is 117 Å². The van der Waals surface area contributed by atoms with Gasteiger partial charge in [0.25, 0.3) is 0 Å². The molecular weight excluding hydrogens is 254 g/mol. The van der Waals surface area contributed by atoms with E-state index in [0.717, 1.165) is 28.1 Å². The number of benzene rings is 1. The first-order valence-electron chi connectivity index (χ1n) is 6.66. The van der Waals surface area contributed by atoms with Gasteiger partial charge in [0, 0.05) is 24.7 Å². The van der Waals surface area contributed by atoms with Gasteiger partial charge in [0.1, 0.15) is 19.0 Å². The molecule has 1 aromatic heterocycles. The minimum atomic E-state index is 0.545. The molecule has 0 atom stereocenters. The number of pyridine rings is 1. The third-order valence-electron chi connectivity index (χ3n) is 3.12. The summed E-state index contributed by atoms with van der Waals surface area (Å²) in [6.45, 7) is 2.42. The smallest absolute Gasteiger partial charge is 0.162 e. The second kappa shape index (κ2) is 5.79. The topological polar surface area (TPSA) is 69.4 Å². The third-order valence-corrected chi connectivity index (χ3v) is 3.12. The van der Waals surface area contributed by atoms with Crippen LogP contribution in [-0.4, -0.2) is 31.3 Å². The van der Waals surface area contributed by atoms with Gasteiger partial charge in [-0.25, -0.2) is 4.98 Å². The fourth-order valence-electron chi connectivity index (χ4n) is 2.19. The van der Waals surface area contributed by atoms with Crippen LogP contribution in [0.4, 0.5) is 5.82 Å². The molecule has 104 valence electrons. The number of rotatable bonds is 4. The fraction of sp³-hybridized carbons (Fsp3) is 0.267. The van der Waals surface area contributed by atoms with Crippen molar-refractivity contribution < 1.29 is 9.47 Å². The second-order valence-electron chi connectivity index (χ2n) is 4.46.